The molecule has 0 spiro atoms. The average molecular weight is 552 g/mol. The maximum atomic E-state index is 10.7. The molecule has 1 unspecified atom stereocenters. The molecule has 0 amide bonds. The van der Waals surface area contributed by atoms with E-state index in [1.165, 1.54) is 17.5 Å². The van der Waals surface area contributed by atoms with Crippen molar-refractivity contribution in [1.29, 1.82) is 0 Å². The molecule has 2 N–H and O–H groups in total. The molecule has 2 aromatic rings. The molecule has 0 heterocycles. The van der Waals surface area contributed by atoms with Crippen LogP contribution in [-0.4, -0.2) is 10.2 Å². The van der Waals surface area contributed by atoms with Crippen molar-refractivity contribution < 1.29 is 10.2 Å². The highest BCUT2D eigenvalue weighted by Gasteiger charge is 2.46. The van der Waals surface area contributed by atoms with Crippen molar-refractivity contribution >= 4 is 31.9 Å². The molecule has 0 radical (unpaired) electrons. The van der Waals surface area contributed by atoms with Gasteiger partial charge in [0.2, 0.25) is 0 Å². The predicted octanol–water partition coefficient (Wildman–Crippen LogP) is 9.00. The first-order valence-corrected chi connectivity index (χ1v) is 12.9. The number of phenolic OH excluding ortho intramolecular Hbond substituents is 2. The SMILES string of the molecule is CC1CC(C)(C)CC(c2cc(Br)c(O)c(C(C)C)c2)(c2cc(Br)c(O)c(C(C)C)c2)C1. The molecule has 2 nitrogen and oxygen atoms in total. The summed E-state index contributed by atoms with van der Waals surface area (Å²) in [5.41, 5.74) is 4.42. The Morgan fingerprint density at radius 2 is 1.23 bits per heavy atom. The number of hydrogen-bond donors (Lipinski definition) is 2. The highest BCUT2D eigenvalue weighted by molar-refractivity contribution is 9.10. The lowest BCUT2D eigenvalue weighted by Gasteiger charge is -2.49. The van der Waals surface area contributed by atoms with E-state index in [4.69, 9.17) is 0 Å². The van der Waals surface area contributed by atoms with Gasteiger partial charge in [-0.2, -0.15) is 0 Å². The minimum absolute atomic E-state index is 0.183. The predicted molar refractivity (Wildman–Crippen MR) is 137 cm³/mol. The second-order valence-electron chi connectivity index (χ2n) is 11.0. The van der Waals surface area contributed by atoms with Gasteiger partial charge < -0.3 is 10.2 Å². The zero-order chi connectivity index (χ0) is 23.3. The number of phenols is 2. The Morgan fingerprint density at radius 1 is 0.806 bits per heavy atom. The summed E-state index contributed by atoms with van der Waals surface area (Å²) in [6.07, 6.45) is 3.26. The van der Waals surface area contributed by atoms with E-state index in [0.717, 1.165) is 32.9 Å². The second kappa shape index (κ2) is 8.74. The van der Waals surface area contributed by atoms with Crippen molar-refractivity contribution in [2.45, 2.75) is 85.0 Å². The van der Waals surface area contributed by atoms with E-state index in [2.05, 4.69) is 105 Å². The standard InChI is InChI=1S/C27H36Br2O2/c1-15(2)20-8-18(10-22(28)24(20)30)27(13-17(5)12-26(6,7)14-27)19-9-21(16(3)4)25(31)23(29)11-19/h8-11,15-17,30-31H,12-14H2,1-7H3. The van der Waals surface area contributed by atoms with Crippen LogP contribution < -0.4 is 0 Å². The number of halogens is 2. The monoisotopic (exact) mass is 550 g/mol. The first-order valence-electron chi connectivity index (χ1n) is 11.3. The van der Waals surface area contributed by atoms with Crippen LogP contribution in [0.25, 0.3) is 0 Å². The van der Waals surface area contributed by atoms with Gasteiger partial charge in [0.15, 0.2) is 0 Å². The van der Waals surface area contributed by atoms with Crippen molar-refractivity contribution in [3.8, 4) is 11.5 Å². The summed E-state index contributed by atoms with van der Waals surface area (Å²) in [4.78, 5) is 0. The Labute approximate surface area is 204 Å². The molecule has 1 fully saturated rings. The van der Waals surface area contributed by atoms with E-state index in [0.29, 0.717) is 17.4 Å². The van der Waals surface area contributed by atoms with E-state index < -0.39 is 0 Å². The van der Waals surface area contributed by atoms with Crippen LogP contribution >= 0.6 is 31.9 Å². The third-order valence-electron chi connectivity index (χ3n) is 6.91. The molecule has 0 aliphatic heterocycles. The molecule has 0 saturated heterocycles. The van der Waals surface area contributed by atoms with Crippen LogP contribution in [0.5, 0.6) is 11.5 Å². The number of aromatic hydroxyl groups is 2. The van der Waals surface area contributed by atoms with E-state index >= 15 is 0 Å². The van der Waals surface area contributed by atoms with Crippen molar-refractivity contribution in [1.82, 2.24) is 0 Å². The maximum absolute atomic E-state index is 10.7. The number of benzene rings is 2. The summed E-state index contributed by atoms with van der Waals surface area (Å²) in [5.74, 6) is 1.69. The molecule has 3 rings (SSSR count). The van der Waals surface area contributed by atoms with Gasteiger partial charge in [-0.05, 0) is 109 Å². The summed E-state index contributed by atoms with van der Waals surface area (Å²) in [5, 5.41) is 21.4. The maximum Gasteiger partial charge on any atom is 0.133 e. The zero-order valence-electron chi connectivity index (χ0n) is 19.8. The van der Waals surface area contributed by atoms with Crippen LogP contribution in [0.15, 0.2) is 33.2 Å². The van der Waals surface area contributed by atoms with Crippen molar-refractivity contribution in [2.24, 2.45) is 11.3 Å². The lowest BCUT2D eigenvalue weighted by molar-refractivity contribution is 0.126. The van der Waals surface area contributed by atoms with Gasteiger partial charge in [0.25, 0.3) is 0 Å². The van der Waals surface area contributed by atoms with Gasteiger partial charge in [0.1, 0.15) is 11.5 Å². The lowest BCUT2D eigenvalue weighted by Crippen LogP contribution is -2.41. The average Bonchev–Trinajstić information content (AvgIpc) is 2.63. The van der Waals surface area contributed by atoms with Gasteiger partial charge in [-0.1, -0.05) is 60.6 Å². The summed E-state index contributed by atoms with van der Waals surface area (Å²) >= 11 is 7.27. The normalized spacial score (nSPS) is 20.4. The summed E-state index contributed by atoms with van der Waals surface area (Å²) < 4.78 is 1.51. The van der Waals surface area contributed by atoms with Crippen LogP contribution in [0, 0.1) is 11.3 Å². The molecule has 1 atom stereocenters. The summed E-state index contributed by atoms with van der Waals surface area (Å²) in [6.45, 7) is 15.6. The van der Waals surface area contributed by atoms with Crippen molar-refractivity contribution in [3.05, 3.63) is 55.5 Å². The molecule has 2 aromatic carbocycles. The van der Waals surface area contributed by atoms with Gasteiger partial charge in [0.05, 0.1) is 8.95 Å². The van der Waals surface area contributed by atoms with Crippen LogP contribution in [0.1, 0.15) is 102 Å². The third kappa shape index (κ3) is 4.71. The molecule has 0 bridgehead atoms. The highest BCUT2D eigenvalue weighted by Crippen LogP contribution is 2.56. The first kappa shape index (κ1) is 24.6. The van der Waals surface area contributed by atoms with Gasteiger partial charge in [-0.15, -0.1) is 0 Å². The Balaban J connectivity index is 2.36. The molecule has 31 heavy (non-hydrogen) atoms. The third-order valence-corrected chi connectivity index (χ3v) is 8.12. The quantitative estimate of drug-likeness (QED) is 0.398. The molecule has 0 aromatic heterocycles. The molecule has 1 aliphatic rings. The Kier molecular flexibility index (Phi) is 6.95. The largest absolute Gasteiger partial charge is 0.506 e. The number of rotatable bonds is 4. The lowest BCUT2D eigenvalue weighted by atomic mass is 9.55. The van der Waals surface area contributed by atoms with E-state index in [1.54, 1.807) is 0 Å². The van der Waals surface area contributed by atoms with E-state index in [1.807, 2.05) is 0 Å². The minimum atomic E-state index is -0.194. The van der Waals surface area contributed by atoms with Gasteiger partial charge in [-0.25, -0.2) is 0 Å². The zero-order valence-corrected chi connectivity index (χ0v) is 23.0. The Bertz CT molecular complexity index is 912. The second-order valence-corrected chi connectivity index (χ2v) is 12.7. The van der Waals surface area contributed by atoms with Crippen LogP contribution in [-0.2, 0) is 5.41 Å². The van der Waals surface area contributed by atoms with Gasteiger partial charge in [0, 0.05) is 5.41 Å². The smallest absolute Gasteiger partial charge is 0.133 e. The number of hydrogen-bond acceptors (Lipinski definition) is 2. The fourth-order valence-electron chi connectivity index (χ4n) is 5.85. The van der Waals surface area contributed by atoms with E-state index in [9.17, 15) is 10.2 Å². The van der Waals surface area contributed by atoms with Gasteiger partial charge >= 0.3 is 0 Å². The Hall–Kier alpha value is -1.00. The molecular formula is C27H36Br2O2. The molecule has 1 saturated carbocycles. The molecule has 170 valence electrons. The van der Waals surface area contributed by atoms with Crippen LogP contribution in [0.4, 0.5) is 0 Å². The van der Waals surface area contributed by atoms with Crippen LogP contribution in [0.3, 0.4) is 0 Å². The van der Waals surface area contributed by atoms with E-state index in [-0.39, 0.29) is 22.7 Å². The highest BCUT2D eigenvalue weighted by atomic mass is 79.9. The van der Waals surface area contributed by atoms with Crippen LogP contribution in [0.2, 0.25) is 0 Å². The topological polar surface area (TPSA) is 40.5 Å². The summed E-state index contributed by atoms with van der Waals surface area (Å²) in [7, 11) is 0. The first-order chi connectivity index (χ1) is 14.3. The summed E-state index contributed by atoms with van der Waals surface area (Å²) in [6, 6.07) is 8.67. The fraction of sp³-hybridized carbons (Fsp3) is 0.556. The van der Waals surface area contributed by atoms with Gasteiger partial charge in [-0.3, -0.25) is 0 Å². The molecule has 4 heteroatoms. The van der Waals surface area contributed by atoms with Crippen molar-refractivity contribution in [3.63, 3.8) is 0 Å². The minimum Gasteiger partial charge on any atom is -0.506 e. The molecular weight excluding hydrogens is 516 g/mol. The Morgan fingerprint density at radius 3 is 1.58 bits per heavy atom. The fourth-order valence-corrected chi connectivity index (χ4v) is 6.80. The molecule has 1 aliphatic carbocycles. The van der Waals surface area contributed by atoms with Crippen molar-refractivity contribution in [2.75, 3.05) is 0 Å².